The molecule has 1 aliphatic rings. The van der Waals surface area contributed by atoms with Crippen molar-refractivity contribution in [3.8, 4) is 0 Å². The van der Waals surface area contributed by atoms with Gasteiger partial charge in [0.05, 0.1) is 17.3 Å². The van der Waals surface area contributed by atoms with E-state index in [0.717, 1.165) is 43.1 Å². The second-order valence-corrected chi connectivity index (χ2v) is 6.72. The summed E-state index contributed by atoms with van der Waals surface area (Å²) in [5, 5.41) is 17.8. The molecule has 2 aromatic heterocycles. The number of hydrogen-bond donors (Lipinski definition) is 2. The maximum Gasteiger partial charge on any atom is 0.356 e. The molecule has 8 heteroatoms. The summed E-state index contributed by atoms with van der Waals surface area (Å²) in [7, 11) is 1.69. The van der Waals surface area contributed by atoms with Crippen molar-refractivity contribution < 1.29 is 14.6 Å². The fraction of sp³-hybridized carbons (Fsp3) is 0.533. The number of methoxy groups -OCH3 is 1. The Kier molecular flexibility index (Phi) is 5.04. The van der Waals surface area contributed by atoms with E-state index >= 15 is 0 Å². The van der Waals surface area contributed by atoms with E-state index in [0.29, 0.717) is 6.61 Å². The summed E-state index contributed by atoms with van der Waals surface area (Å²) >= 11 is 1.68. The van der Waals surface area contributed by atoms with E-state index in [2.05, 4.69) is 15.4 Å². The van der Waals surface area contributed by atoms with Gasteiger partial charge in [-0.15, -0.1) is 11.3 Å². The average molecular weight is 336 g/mol. The number of nitrogens with one attached hydrogen (secondary N) is 1. The number of fused-ring (bicyclic) bond motifs is 1. The lowest BCUT2D eigenvalue weighted by molar-refractivity contribution is 0.0689. The Hall–Kier alpha value is -1.77. The van der Waals surface area contributed by atoms with Crippen LogP contribution in [0.25, 0.3) is 0 Å². The maximum atomic E-state index is 11.1. The number of aryl methyl sites for hydroxylation is 1. The number of hydrogen-bond acceptors (Lipinski definition) is 6. The summed E-state index contributed by atoms with van der Waals surface area (Å²) in [6, 6.07) is 1.81. The third-order valence-corrected chi connectivity index (χ3v) is 4.95. The van der Waals surface area contributed by atoms with Gasteiger partial charge in [-0.2, -0.15) is 5.10 Å². The fourth-order valence-electron chi connectivity index (χ4n) is 2.75. The third-order valence-electron chi connectivity index (χ3n) is 3.89. The Balaban J connectivity index is 1.63. The molecule has 23 heavy (non-hydrogen) atoms. The molecule has 0 saturated carbocycles. The minimum absolute atomic E-state index is 0.119. The number of carbonyl (C=O) groups is 1. The first-order valence-corrected chi connectivity index (χ1v) is 8.46. The molecule has 2 N–H and O–H groups in total. The highest BCUT2D eigenvalue weighted by Gasteiger charge is 2.24. The van der Waals surface area contributed by atoms with Gasteiger partial charge >= 0.3 is 5.97 Å². The van der Waals surface area contributed by atoms with Crippen LogP contribution >= 0.6 is 11.3 Å². The zero-order valence-corrected chi connectivity index (χ0v) is 13.8. The van der Waals surface area contributed by atoms with Gasteiger partial charge in [0, 0.05) is 43.7 Å². The Morgan fingerprint density at radius 1 is 1.61 bits per heavy atom. The Labute approximate surface area is 138 Å². The van der Waals surface area contributed by atoms with Crippen LogP contribution < -0.4 is 5.32 Å². The van der Waals surface area contributed by atoms with Gasteiger partial charge in [0.1, 0.15) is 0 Å². The Morgan fingerprint density at radius 3 is 3.26 bits per heavy atom. The van der Waals surface area contributed by atoms with Crippen molar-refractivity contribution in [2.45, 2.75) is 38.4 Å². The van der Waals surface area contributed by atoms with Crippen molar-refractivity contribution in [2.24, 2.45) is 0 Å². The van der Waals surface area contributed by atoms with Crippen LogP contribution in [0.4, 0.5) is 0 Å². The first-order chi connectivity index (χ1) is 11.2. The molecule has 3 rings (SSSR count). The molecule has 0 fully saturated rings. The summed E-state index contributed by atoms with van der Waals surface area (Å²) < 4.78 is 6.87. The molecule has 0 saturated heterocycles. The third kappa shape index (κ3) is 3.77. The first-order valence-electron chi connectivity index (χ1n) is 7.64. The molecule has 0 spiro atoms. The molecule has 1 unspecified atom stereocenters. The van der Waals surface area contributed by atoms with Crippen LogP contribution in [0.2, 0.25) is 0 Å². The molecule has 2 aromatic rings. The number of carboxylic acid groups (broad SMARTS) is 1. The van der Waals surface area contributed by atoms with Crippen molar-refractivity contribution in [1.82, 2.24) is 20.1 Å². The standard InChI is InChI=1S/C15H20N4O3S/c1-22-6-4-14-17-9-10(23-14)8-16-11-3-2-5-19-13(11)7-12(18-19)15(20)21/h7,9,11,16H,2-6,8H2,1H3,(H,20,21). The van der Waals surface area contributed by atoms with Gasteiger partial charge in [-0.3, -0.25) is 4.68 Å². The zero-order valence-electron chi connectivity index (χ0n) is 13.0. The normalized spacial score (nSPS) is 17.2. The van der Waals surface area contributed by atoms with E-state index in [-0.39, 0.29) is 11.7 Å². The molecule has 0 amide bonds. The summed E-state index contributed by atoms with van der Waals surface area (Å²) in [4.78, 5) is 16.6. The van der Waals surface area contributed by atoms with Crippen molar-refractivity contribution >= 4 is 17.3 Å². The number of rotatable bonds is 7. The molecule has 1 aliphatic heterocycles. The number of ether oxygens (including phenoxy) is 1. The van der Waals surface area contributed by atoms with Gasteiger partial charge in [-0.25, -0.2) is 9.78 Å². The molecule has 0 aliphatic carbocycles. The molecule has 0 aromatic carbocycles. The smallest absolute Gasteiger partial charge is 0.356 e. The van der Waals surface area contributed by atoms with Gasteiger partial charge in [0.15, 0.2) is 5.69 Å². The van der Waals surface area contributed by atoms with Crippen molar-refractivity contribution in [3.63, 3.8) is 0 Å². The molecular weight excluding hydrogens is 316 g/mol. The molecular formula is C15H20N4O3S. The molecule has 1 atom stereocenters. The summed E-state index contributed by atoms with van der Waals surface area (Å²) in [5.74, 6) is -0.976. The SMILES string of the molecule is COCCc1ncc(CNC2CCCn3nc(C(=O)O)cc32)s1. The van der Waals surface area contributed by atoms with E-state index in [9.17, 15) is 4.79 Å². The number of aromatic carboxylic acids is 1. The van der Waals surface area contributed by atoms with E-state index in [1.807, 2.05) is 6.20 Å². The summed E-state index contributed by atoms with van der Waals surface area (Å²) in [6.07, 6.45) is 4.71. The average Bonchev–Trinajstić information content (AvgIpc) is 3.17. The van der Waals surface area contributed by atoms with Crippen LogP contribution in [0, 0.1) is 0 Å². The molecule has 0 radical (unpaired) electrons. The predicted molar refractivity (Wildman–Crippen MR) is 85.7 cm³/mol. The van der Waals surface area contributed by atoms with Crippen molar-refractivity contribution in [2.75, 3.05) is 13.7 Å². The predicted octanol–water partition coefficient (Wildman–Crippen LogP) is 1.85. The highest BCUT2D eigenvalue weighted by atomic mass is 32.1. The minimum Gasteiger partial charge on any atom is -0.476 e. The maximum absolute atomic E-state index is 11.1. The van der Waals surface area contributed by atoms with Crippen LogP contribution in [0.5, 0.6) is 0 Å². The van der Waals surface area contributed by atoms with Gasteiger partial charge in [0.25, 0.3) is 0 Å². The molecule has 124 valence electrons. The first kappa shape index (κ1) is 16.1. The second kappa shape index (κ2) is 7.20. The summed E-state index contributed by atoms with van der Waals surface area (Å²) in [5.41, 5.74) is 1.08. The van der Waals surface area contributed by atoms with E-state index in [4.69, 9.17) is 9.84 Å². The lowest BCUT2D eigenvalue weighted by Crippen LogP contribution is -2.27. The lowest BCUT2D eigenvalue weighted by atomic mass is 10.0. The fourth-order valence-corrected chi connectivity index (χ4v) is 3.61. The number of carboxylic acids is 1. The second-order valence-electron chi connectivity index (χ2n) is 5.52. The lowest BCUT2D eigenvalue weighted by Gasteiger charge is -2.24. The zero-order chi connectivity index (χ0) is 16.2. The number of nitrogens with zero attached hydrogens (tertiary/aromatic N) is 3. The minimum atomic E-state index is -0.976. The molecule has 7 nitrogen and oxygen atoms in total. The Morgan fingerprint density at radius 2 is 2.48 bits per heavy atom. The van der Waals surface area contributed by atoms with Gasteiger partial charge in [0.2, 0.25) is 0 Å². The number of aromatic nitrogens is 3. The quantitative estimate of drug-likeness (QED) is 0.802. The van der Waals surface area contributed by atoms with Crippen LogP contribution in [0.3, 0.4) is 0 Å². The molecule has 3 heterocycles. The van der Waals surface area contributed by atoms with Gasteiger partial charge in [-0.05, 0) is 18.9 Å². The van der Waals surface area contributed by atoms with Crippen LogP contribution in [-0.2, 0) is 24.2 Å². The highest BCUT2D eigenvalue weighted by Crippen LogP contribution is 2.26. The van der Waals surface area contributed by atoms with Crippen molar-refractivity contribution in [3.05, 3.63) is 33.5 Å². The summed E-state index contributed by atoms with van der Waals surface area (Å²) in [6.45, 7) is 2.19. The van der Waals surface area contributed by atoms with Crippen molar-refractivity contribution in [1.29, 1.82) is 0 Å². The van der Waals surface area contributed by atoms with E-state index < -0.39 is 5.97 Å². The van der Waals surface area contributed by atoms with Gasteiger partial charge < -0.3 is 15.2 Å². The van der Waals surface area contributed by atoms with Crippen LogP contribution in [0.15, 0.2) is 12.3 Å². The van der Waals surface area contributed by atoms with Crippen LogP contribution in [0.1, 0.15) is 45.0 Å². The van der Waals surface area contributed by atoms with E-state index in [1.54, 1.807) is 29.2 Å². The van der Waals surface area contributed by atoms with Gasteiger partial charge in [-0.1, -0.05) is 0 Å². The largest absolute Gasteiger partial charge is 0.476 e. The molecule has 0 bridgehead atoms. The number of thiazole rings is 1. The monoisotopic (exact) mass is 336 g/mol. The topological polar surface area (TPSA) is 89.3 Å². The van der Waals surface area contributed by atoms with E-state index in [1.165, 1.54) is 4.88 Å². The Bertz CT molecular complexity index is 682. The van der Waals surface area contributed by atoms with Crippen LogP contribution in [-0.4, -0.2) is 39.6 Å². The highest BCUT2D eigenvalue weighted by molar-refractivity contribution is 7.11.